The Bertz CT molecular complexity index is 520. The highest BCUT2D eigenvalue weighted by Gasteiger charge is 2.04. The molecule has 2 aromatic rings. The SMILES string of the molecule is O=C(CCc1ccccc1)OCc1ccc(I)cc1. The molecule has 98 valence electrons. The Kier molecular flexibility index (Phi) is 5.39. The zero-order chi connectivity index (χ0) is 13.5. The minimum Gasteiger partial charge on any atom is -0.461 e. The van der Waals surface area contributed by atoms with E-state index in [0.717, 1.165) is 17.5 Å². The lowest BCUT2D eigenvalue weighted by molar-refractivity contribution is -0.144. The van der Waals surface area contributed by atoms with Gasteiger partial charge in [-0.2, -0.15) is 0 Å². The molecular weight excluding hydrogens is 351 g/mol. The molecule has 0 atom stereocenters. The molecule has 0 saturated heterocycles. The molecule has 3 heteroatoms. The molecule has 0 N–H and O–H groups in total. The number of benzene rings is 2. The summed E-state index contributed by atoms with van der Waals surface area (Å²) < 4.78 is 6.43. The summed E-state index contributed by atoms with van der Waals surface area (Å²) in [6, 6.07) is 17.9. The van der Waals surface area contributed by atoms with E-state index in [1.54, 1.807) is 0 Å². The molecule has 2 rings (SSSR count). The third kappa shape index (κ3) is 5.03. The van der Waals surface area contributed by atoms with E-state index in [9.17, 15) is 4.79 Å². The number of hydrogen-bond donors (Lipinski definition) is 0. The summed E-state index contributed by atoms with van der Waals surface area (Å²) in [6.07, 6.45) is 1.15. The maximum atomic E-state index is 11.6. The number of rotatable bonds is 5. The van der Waals surface area contributed by atoms with Crippen molar-refractivity contribution in [3.8, 4) is 0 Å². The lowest BCUT2D eigenvalue weighted by Crippen LogP contribution is -2.05. The Labute approximate surface area is 126 Å². The van der Waals surface area contributed by atoms with Crippen LogP contribution in [0.4, 0.5) is 0 Å². The highest BCUT2D eigenvalue weighted by atomic mass is 127. The Morgan fingerprint density at radius 1 is 0.947 bits per heavy atom. The fraction of sp³-hybridized carbons (Fsp3) is 0.188. The monoisotopic (exact) mass is 366 g/mol. The molecule has 0 heterocycles. The van der Waals surface area contributed by atoms with Gasteiger partial charge < -0.3 is 4.74 Å². The van der Waals surface area contributed by atoms with Gasteiger partial charge in [-0.15, -0.1) is 0 Å². The molecule has 2 aromatic carbocycles. The van der Waals surface area contributed by atoms with E-state index in [1.807, 2.05) is 54.6 Å². The Morgan fingerprint density at radius 2 is 1.63 bits per heavy atom. The Balaban J connectivity index is 1.74. The third-order valence-corrected chi connectivity index (χ3v) is 3.49. The van der Waals surface area contributed by atoms with Gasteiger partial charge in [0.2, 0.25) is 0 Å². The van der Waals surface area contributed by atoms with Crippen LogP contribution < -0.4 is 0 Å². The van der Waals surface area contributed by atoms with Crippen molar-refractivity contribution < 1.29 is 9.53 Å². The number of ether oxygens (including phenoxy) is 1. The molecule has 0 unspecified atom stereocenters. The molecule has 19 heavy (non-hydrogen) atoms. The average molecular weight is 366 g/mol. The summed E-state index contributed by atoms with van der Waals surface area (Å²) in [4.78, 5) is 11.6. The van der Waals surface area contributed by atoms with E-state index in [4.69, 9.17) is 4.74 Å². The van der Waals surface area contributed by atoms with Gasteiger partial charge in [0, 0.05) is 9.99 Å². The lowest BCUT2D eigenvalue weighted by atomic mass is 10.1. The first-order valence-electron chi connectivity index (χ1n) is 6.18. The van der Waals surface area contributed by atoms with Crippen LogP contribution in [0.1, 0.15) is 17.5 Å². The summed E-state index contributed by atoms with van der Waals surface area (Å²) in [7, 11) is 0. The highest BCUT2D eigenvalue weighted by molar-refractivity contribution is 14.1. The van der Waals surface area contributed by atoms with Crippen LogP contribution in [0.5, 0.6) is 0 Å². The normalized spacial score (nSPS) is 10.2. The van der Waals surface area contributed by atoms with E-state index in [0.29, 0.717) is 13.0 Å². The summed E-state index contributed by atoms with van der Waals surface area (Å²) in [5.74, 6) is -0.151. The zero-order valence-electron chi connectivity index (χ0n) is 10.5. The van der Waals surface area contributed by atoms with Crippen LogP contribution in [-0.4, -0.2) is 5.97 Å². The first-order chi connectivity index (χ1) is 9.24. The van der Waals surface area contributed by atoms with Crippen molar-refractivity contribution >= 4 is 28.6 Å². The second-order valence-electron chi connectivity index (χ2n) is 4.27. The van der Waals surface area contributed by atoms with Gasteiger partial charge in [0.1, 0.15) is 6.61 Å². The number of esters is 1. The fourth-order valence-electron chi connectivity index (χ4n) is 1.71. The van der Waals surface area contributed by atoms with Gasteiger partial charge in [-0.05, 0) is 52.3 Å². The molecule has 0 aromatic heterocycles. The molecule has 0 amide bonds. The van der Waals surface area contributed by atoms with Crippen molar-refractivity contribution in [3.63, 3.8) is 0 Å². The quantitative estimate of drug-likeness (QED) is 0.591. The second kappa shape index (κ2) is 7.28. The molecule has 0 fully saturated rings. The van der Waals surface area contributed by atoms with Gasteiger partial charge in [0.15, 0.2) is 0 Å². The van der Waals surface area contributed by atoms with Gasteiger partial charge in [-0.3, -0.25) is 4.79 Å². The molecule has 0 aliphatic rings. The van der Waals surface area contributed by atoms with Crippen molar-refractivity contribution in [1.29, 1.82) is 0 Å². The molecule has 2 nitrogen and oxygen atoms in total. The van der Waals surface area contributed by atoms with E-state index in [-0.39, 0.29) is 5.97 Å². The molecule has 0 radical (unpaired) electrons. The minimum absolute atomic E-state index is 0.151. The Hall–Kier alpha value is -1.36. The maximum Gasteiger partial charge on any atom is 0.306 e. The van der Waals surface area contributed by atoms with Gasteiger partial charge in [0.05, 0.1) is 0 Å². The van der Waals surface area contributed by atoms with Crippen molar-refractivity contribution in [2.24, 2.45) is 0 Å². The minimum atomic E-state index is -0.151. The number of aryl methyl sites for hydroxylation is 1. The van der Waals surface area contributed by atoms with Crippen LogP contribution in [0.25, 0.3) is 0 Å². The molecule has 0 bridgehead atoms. The topological polar surface area (TPSA) is 26.3 Å². The average Bonchev–Trinajstić information content (AvgIpc) is 2.45. The molecule has 0 aliphatic heterocycles. The van der Waals surface area contributed by atoms with E-state index in [1.165, 1.54) is 3.57 Å². The van der Waals surface area contributed by atoms with E-state index >= 15 is 0 Å². The lowest BCUT2D eigenvalue weighted by Gasteiger charge is -2.05. The number of halogens is 1. The molecule has 0 spiro atoms. The molecule has 0 aliphatic carbocycles. The predicted octanol–water partition coefficient (Wildman–Crippen LogP) is 3.97. The zero-order valence-corrected chi connectivity index (χ0v) is 12.7. The van der Waals surface area contributed by atoms with Crippen LogP contribution >= 0.6 is 22.6 Å². The number of carbonyl (C=O) groups is 1. The molecule has 0 saturated carbocycles. The van der Waals surface area contributed by atoms with Crippen LogP contribution in [0.2, 0.25) is 0 Å². The summed E-state index contributed by atoms with van der Waals surface area (Å²) in [5, 5.41) is 0. The number of carbonyl (C=O) groups excluding carboxylic acids is 1. The summed E-state index contributed by atoms with van der Waals surface area (Å²) in [5.41, 5.74) is 2.18. The smallest absolute Gasteiger partial charge is 0.306 e. The van der Waals surface area contributed by atoms with Gasteiger partial charge >= 0.3 is 5.97 Å². The van der Waals surface area contributed by atoms with Crippen molar-refractivity contribution in [2.75, 3.05) is 0 Å². The highest BCUT2D eigenvalue weighted by Crippen LogP contribution is 2.09. The molecular formula is C16H15IO2. The van der Waals surface area contributed by atoms with E-state index in [2.05, 4.69) is 22.6 Å². The standard InChI is InChI=1S/C16H15IO2/c17-15-9-6-14(7-10-15)12-19-16(18)11-8-13-4-2-1-3-5-13/h1-7,9-10H,8,11-12H2. The fourth-order valence-corrected chi connectivity index (χ4v) is 2.07. The van der Waals surface area contributed by atoms with Crippen LogP contribution in [0, 0.1) is 3.57 Å². The van der Waals surface area contributed by atoms with Crippen molar-refractivity contribution in [1.82, 2.24) is 0 Å². The van der Waals surface area contributed by atoms with Crippen molar-refractivity contribution in [2.45, 2.75) is 19.4 Å². The summed E-state index contributed by atoms with van der Waals surface area (Å²) in [6.45, 7) is 0.352. The first-order valence-corrected chi connectivity index (χ1v) is 7.26. The van der Waals surface area contributed by atoms with Crippen LogP contribution in [0.3, 0.4) is 0 Å². The van der Waals surface area contributed by atoms with Gasteiger partial charge in [0.25, 0.3) is 0 Å². The van der Waals surface area contributed by atoms with E-state index < -0.39 is 0 Å². The van der Waals surface area contributed by atoms with Gasteiger partial charge in [-0.25, -0.2) is 0 Å². The van der Waals surface area contributed by atoms with Gasteiger partial charge in [-0.1, -0.05) is 42.5 Å². The maximum absolute atomic E-state index is 11.6. The Morgan fingerprint density at radius 3 is 2.32 bits per heavy atom. The summed E-state index contributed by atoms with van der Waals surface area (Å²) >= 11 is 2.25. The largest absolute Gasteiger partial charge is 0.461 e. The van der Waals surface area contributed by atoms with Crippen LogP contribution in [0.15, 0.2) is 54.6 Å². The first kappa shape index (κ1) is 14.1. The van der Waals surface area contributed by atoms with Crippen LogP contribution in [-0.2, 0) is 22.6 Å². The van der Waals surface area contributed by atoms with Crippen molar-refractivity contribution in [3.05, 3.63) is 69.3 Å². The number of hydrogen-bond acceptors (Lipinski definition) is 2. The third-order valence-electron chi connectivity index (χ3n) is 2.77. The predicted molar refractivity (Wildman–Crippen MR) is 83.7 cm³/mol. The second-order valence-corrected chi connectivity index (χ2v) is 5.52.